The summed E-state index contributed by atoms with van der Waals surface area (Å²) in [7, 11) is 0. The molecule has 0 amide bonds. The first-order valence-electron chi connectivity index (χ1n) is 28.9. The van der Waals surface area contributed by atoms with Gasteiger partial charge in [-0.25, -0.2) is 0 Å². The van der Waals surface area contributed by atoms with Crippen LogP contribution in [0.25, 0.3) is 0 Å². The summed E-state index contributed by atoms with van der Waals surface area (Å²) in [5.74, 6) is -0.570. The topological polar surface area (TPSA) is 72.8 Å². The Bertz CT molecular complexity index is 974. The first kappa shape index (κ1) is 62.4. The number of aliphatic hydroxyl groups is 1. The smallest absolute Gasteiger partial charge is 0.306 e. The van der Waals surface area contributed by atoms with Crippen molar-refractivity contribution in [2.75, 3.05) is 13.2 Å². The molecule has 0 fully saturated rings. The van der Waals surface area contributed by atoms with Gasteiger partial charge in [-0.2, -0.15) is 0 Å². The quantitative estimate of drug-likeness (QED) is 0.0374. The van der Waals surface area contributed by atoms with E-state index in [-0.39, 0.29) is 25.2 Å². The number of rotatable bonds is 54. The normalized spacial score (nSPS) is 12.2. The van der Waals surface area contributed by atoms with Gasteiger partial charge in [0.1, 0.15) is 6.61 Å². The molecule has 0 bridgehead atoms. The van der Waals surface area contributed by atoms with Crippen LogP contribution in [0.4, 0.5) is 0 Å². The van der Waals surface area contributed by atoms with E-state index in [0.29, 0.717) is 12.8 Å². The predicted octanol–water partition coefficient (Wildman–Crippen LogP) is 19.3. The summed E-state index contributed by atoms with van der Waals surface area (Å²) in [5.41, 5.74) is 0. The lowest BCUT2D eigenvalue weighted by Gasteiger charge is -2.15. The maximum absolute atomic E-state index is 12.3. The second-order valence-corrected chi connectivity index (χ2v) is 19.7. The lowest BCUT2D eigenvalue weighted by atomic mass is 10.0. The third-order valence-corrected chi connectivity index (χ3v) is 13.2. The summed E-state index contributed by atoms with van der Waals surface area (Å²) in [6.07, 6.45) is 70.1. The number of allylic oxidation sites excluding steroid dienone is 4. The van der Waals surface area contributed by atoms with Gasteiger partial charge in [0.25, 0.3) is 0 Å². The van der Waals surface area contributed by atoms with E-state index >= 15 is 0 Å². The molecule has 0 saturated heterocycles. The summed E-state index contributed by atoms with van der Waals surface area (Å²) < 4.78 is 10.7. The van der Waals surface area contributed by atoms with Gasteiger partial charge >= 0.3 is 11.9 Å². The van der Waals surface area contributed by atoms with Crippen molar-refractivity contribution >= 4 is 11.9 Å². The Morgan fingerprint density at radius 2 is 0.625 bits per heavy atom. The van der Waals surface area contributed by atoms with Crippen LogP contribution < -0.4 is 0 Å². The molecule has 0 rings (SSSR count). The van der Waals surface area contributed by atoms with Crippen molar-refractivity contribution in [3.63, 3.8) is 0 Å². The fourth-order valence-electron chi connectivity index (χ4n) is 8.88. The number of hydrogen-bond donors (Lipinski definition) is 1. The molecule has 0 aromatic heterocycles. The van der Waals surface area contributed by atoms with Crippen molar-refractivity contribution in [1.29, 1.82) is 0 Å². The first-order valence-corrected chi connectivity index (χ1v) is 28.9. The van der Waals surface area contributed by atoms with Gasteiger partial charge in [0.15, 0.2) is 6.10 Å². The fraction of sp³-hybridized carbons (Fsp3) is 0.898. The van der Waals surface area contributed by atoms with Crippen molar-refractivity contribution in [3.05, 3.63) is 24.3 Å². The molecule has 0 aromatic carbocycles. The number of ether oxygens (including phenoxy) is 2. The number of aliphatic hydroxyl groups excluding tert-OH is 1. The number of esters is 2. The zero-order chi connectivity index (χ0) is 46.3. The molecule has 5 heteroatoms. The largest absolute Gasteiger partial charge is 0.462 e. The fourth-order valence-corrected chi connectivity index (χ4v) is 8.88. The first-order chi connectivity index (χ1) is 31.6. The van der Waals surface area contributed by atoms with Crippen LogP contribution in [0, 0.1) is 0 Å². The Hall–Kier alpha value is -1.62. The number of carbonyl (C=O) groups is 2. The second kappa shape index (κ2) is 55.7. The highest BCUT2D eigenvalue weighted by Gasteiger charge is 2.16. The van der Waals surface area contributed by atoms with Gasteiger partial charge in [0.2, 0.25) is 0 Å². The highest BCUT2D eigenvalue weighted by atomic mass is 16.6. The molecule has 0 heterocycles. The molecule has 0 aliphatic heterocycles. The van der Waals surface area contributed by atoms with Gasteiger partial charge in [-0.1, -0.05) is 289 Å². The minimum absolute atomic E-state index is 0.0591. The van der Waals surface area contributed by atoms with Crippen molar-refractivity contribution in [2.24, 2.45) is 0 Å². The highest BCUT2D eigenvalue weighted by molar-refractivity contribution is 5.70. The van der Waals surface area contributed by atoms with Gasteiger partial charge in [0.05, 0.1) is 6.61 Å². The zero-order valence-electron chi connectivity index (χ0n) is 43.3. The van der Waals surface area contributed by atoms with Crippen molar-refractivity contribution < 1.29 is 24.2 Å². The second-order valence-electron chi connectivity index (χ2n) is 19.7. The molecule has 0 saturated carbocycles. The van der Waals surface area contributed by atoms with Crippen molar-refractivity contribution in [1.82, 2.24) is 0 Å². The molecule has 0 aliphatic rings. The minimum atomic E-state index is -0.768. The maximum Gasteiger partial charge on any atom is 0.306 e. The van der Waals surface area contributed by atoms with Gasteiger partial charge in [-0.15, -0.1) is 0 Å². The molecule has 378 valence electrons. The van der Waals surface area contributed by atoms with Crippen LogP contribution in [-0.2, 0) is 19.1 Å². The maximum atomic E-state index is 12.3. The third kappa shape index (κ3) is 53.0. The van der Waals surface area contributed by atoms with E-state index in [1.165, 1.54) is 257 Å². The SMILES string of the molecule is CCCCCCC/C=C\C/C=C\CCCCCCCCCCCCCCCCCC(=O)OC(CO)COC(=O)CCCCCCCCCCCCCCCCCCCCCCCCC. The minimum Gasteiger partial charge on any atom is -0.462 e. The number of carbonyl (C=O) groups excluding carboxylic acids is 2. The van der Waals surface area contributed by atoms with Gasteiger partial charge in [-0.3, -0.25) is 9.59 Å². The molecule has 0 aromatic rings. The third-order valence-electron chi connectivity index (χ3n) is 13.2. The Labute approximate surface area is 400 Å². The summed E-state index contributed by atoms with van der Waals surface area (Å²) >= 11 is 0. The summed E-state index contributed by atoms with van der Waals surface area (Å²) in [6.45, 7) is 4.19. The molecular weight excluding hydrogens is 789 g/mol. The van der Waals surface area contributed by atoms with Crippen LogP contribution >= 0.6 is 0 Å². The zero-order valence-corrected chi connectivity index (χ0v) is 43.3. The lowest BCUT2D eigenvalue weighted by Crippen LogP contribution is -2.28. The van der Waals surface area contributed by atoms with Crippen LogP contribution in [0.5, 0.6) is 0 Å². The van der Waals surface area contributed by atoms with Crippen molar-refractivity contribution in [3.8, 4) is 0 Å². The monoisotopic (exact) mass is 901 g/mol. The lowest BCUT2D eigenvalue weighted by molar-refractivity contribution is -0.161. The number of hydrogen-bond acceptors (Lipinski definition) is 5. The van der Waals surface area contributed by atoms with Gasteiger partial charge in [0, 0.05) is 12.8 Å². The average Bonchev–Trinajstić information content (AvgIpc) is 3.30. The van der Waals surface area contributed by atoms with E-state index in [4.69, 9.17) is 9.47 Å². The van der Waals surface area contributed by atoms with Crippen molar-refractivity contribution in [2.45, 2.75) is 328 Å². The molecule has 1 atom stereocenters. The van der Waals surface area contributed by atoms with E-state index in [1.54, 1.807) is 0 Å². The molecule has 5 nitrogen and oxygen atoms in total. The average molecular weight is 902 g/mol. The molecule has 0 radical (unpaired) electrons. The van der Waals surface area contributed by atoms with E-state index in [9.17, 15) is 14.7 Å². The van der Waals surface area contributed by atoms with Crippen LogP contribution in [0.2, 0.25) is 0 Å². The van der Waals surface area contributed by atoms with Crippen LogP contribution in [-0.4, -0.2) is 36.4 Å². The predicted molar refractivity (Wildman–Crippen MR) is 279 cm³/mol. The van der Waals surface area contributed by atoms with E-state index in [0.717, 1.165) is 38.5 Å². The highest BCUT2D eigenvalue weighted by Crippen LogP contribution is 2.18. The number of unbranched alkanes of at least 4 members (excludes halogenated alkanes) is 42. The van der Waals surface area contributed by atoms with E-state index in [1.807, 2.05) is 0 Å². The Morgan fingerprint density at radius 1 is 0.359 bits per heavy atom. The summed E-state index contributed by atoms with van der Waals surface area (Å²) in [6, 6.07) is 0. The Morgan fingerprint density at radius 3 is 0.922 bits per heavy atom. The van der Waals surface area contributed by atoms with Crippen LogP contribution in [0.15, 0.2) is 24.3 Å². The molecule has 1 N–H and O–H groups in total. The van der Waals surface area contributed by atoms with Crippen LogP contribution in [0.1, 0.15) is 322 Å². The standard InChI is InChI=1S/C59H112O5/c1-3-5-7-9-11-13-15-17-19-21-23-25-27-28-29-30-32-34-36-38-40-42-44-46-48-50-52-54-59(62)64-57(55-60)56-63-58(61)53-51-49-47-45-43-41-39-37-35-33-31-26-24-22-20-18-16-14-12-10-8-6-4-2/h15,17,21,23,57,60H,3-14,16,18-20,22,24-56H2,1-2H3/b17-15-,23-21-. The Kier molecular flexibility index (Phi) is 54.3. The molecular formula is C59H112O5. The molecule has 64 heavy (non-hydrogen) atoms. The molecule has 0 aliphatic carbocycles. The Balaban J connectivity index is 3.42. The molecule has 0 spiro atoms. The van der Waals surface area contributed by atoms with Gasteiger partial charge < -0.3 is 14.6 Å². The molecule has 1 unspecified atom stereocenters. The van der Waals surface area contributed by atoms with Gasteiger partial charge in [-0.05, 0) is 44.9 Å². The summed E-state index contributed by atoms with van der Waals surface area (Å²) in [5, 5.41) is 9.66. The van der Waals surface area contributed by atoms with Crippen LogP contribution in [0.3, 0.4) is 0 Å². The van der Waals surface area contributed by atoms with E-state index < -0.39 is 6.10 Å². The summed E-state index contributed by atoms with van der Waals surface area (Å²) in [4.78, 5) is 24.5. The van der Waals surface area contributed by atoms with E-state index in [2.05, 4.69) is 38.2 Å².